The predicted molar refractivity (Wildman–Crippen MR) is 103 cm³/mol. The van der Waals surface area contributed by atoms with Crippen molar-refractivity contribution in [2.75, 3.05) is 0 Å². The molecule has 2 aromatic carbocycles. The van der Waals surface area contributed by atoms with E-state index in [1.165, 1.54) is 5.56 Å². The van der Waals surface area contributed by atoms with Crippen LogP contribution >= 0.6 is 28.3 Å². The number of fused-ring (bicyclic) bond motifs is 1. The second kappa shape index (κ2) is 7.36. The maximum absolute atomic E-state index is 12.2. The van der Waals surface area contributed by atoms with Gasteiger partial charge >= 0.3 is 0 Å². The summed E-state index contributed by atoms with van der Waals surface area (Å²) in [7, 11) is 0. The Morgan fingerprint density at radius 2 is 1.79 bits per heavy atom. The summed E-state index contributed by atoms with van der Waals surface area (Å²) >= 11 is 3.36. The van der Waals surface area contributed by atoms with Gasteiger partial charge in [-0.3, -0.25) is 20.6 Å². The minimum Gasteiger partial charge on any atom is -0.281 e. The third-order valence-corrected chi connectivity index (χ3v) is 4.24. The van der Waals surface area contributed by atoms with Crippen LogP contribution in [0.4, 0.5) is 0 Å². The lowest BCUT2D eigenvalue weighted by molar-refractivity contribution is 0.0943. The summed E-state index contributed by atoms with van der Waals surface area (Å²) in [4.78, 5) is 16.9. The van der Waals surface area contributed by atoms with Crippen molar-refractivity contribution in [2.24, 2.45) is 4.99 Å². The summed E-state index contributed by atoms with van der Waals surface area (Å²) in [5, 5.41) is 0. The van der Waals surface area contributed by atoms with Crippen molar-refractivity contribution in [3.8, 4) is 0 Å². The number of nitrogens with one attached hydrogen (secondary N) is 2. The molecule has 1 amide bonds. The van der Waals surface area contributed by atoms with Crippen LogP contribution in [-0.2, 0) is 6.42 Å². The Balaban J connectivity index is 0.00000208. The topological polar surface area (TPSA) is 53.5 Å². The molecule has 0 bridgehead atoms. The molecular weight excluding hydrogens is 390 g/mol. The van der Waals surface area contributed by atoms with Crippen LogP contribution in [0.2, 0.25) is 0 Å². The molecule has 0 fully saturated rings. The van der Waals surface area contributed by atoms with Crippen molar-refractivity contribution in [1.82, 2.24) is 10.9 Å². The fourth-order valence-corrected chi connectivity index (χ4v) is 2.92. The van der Waals surface area contributed by atoms with Gasteiger partial charge in [0.25, 0.3) is 5.91 Å². The second-order valence-corrected chi connectivity index (χ2v) is 7.11. The number of carbonyl (C=O) groups excluding carboxylic acids is 1. The highest BCUT2D eigenvalue weighted by Gasteiger charge is 2.26. The zero-order valence-electron chi connectivity index (χ0n) is 13.5. The predicted octanol–water partition coefficient (Wildman–Crippen LogP) is 3.89. The number of benzene rings is 2. The van der Waals surface area contributed by atoms with Gasteiger partial charge in [0.05, 0.1) is 5.54 Å². The van der Waals surface area contributed by atoms with Crippen LogP contribution in [-0.4, -0.2) is 17.3 Å². The largest absolute Gasteiger partial charge is 0.281 e. The van der Waals surface area contributed by atoms with Gasteiger partial charge in [0.2, 0.25) is 0 Å². The molecule has 1 aliphatic heterocycles. The van der Waals surface area contributed by atoms with Gasteiger partial charge in [0, 0.05) is 15.6 Å². The van der Waals surface area contributed by atoms with E-state index in [2.05, 4.69) is 46.7 Å². The Hall–Kier alpha value is -1.85. The van der Waals surface area contributed by atoms with Crippen LogP contribution in [0.3, 0.4) is 0 Å². The summed E-state index contributed by atoms with van der Waals surface area (Å²) in [5.41, 5.74) is 8.37. The lowest BCUT2D eigenvalue weighted by Crippen LogP contribution is -2.45. The molecule has 0 aromatic heterocycles. The lowest BCUT2D eigenvalue weighted by atomic mass is 9.89. The molecule has 6 heteroatoms. The average molecular weight is 409 g/mol. The second-order valence-electron chi connectivity index (χ2n) is 6.19. The molecular formula is C18H19BrClN3O. The number of nitrogens with zero attached hydrogens (tertiary/aromatic N) is 1. The monoisotopic (exact) mass is 407 g/mol. The van der Waals surface area contributed by atoms with Crippen molar-refractivity contribution in [3.63, 3.8) is 0 Å². The van der Waals surface area contributed by atoms with Crippen LogP contribution in [0.15, 0.2) is 58.0 Å². The Bertz CT molecular complexity index is 772. The maximum Gasteiger partial charge on any atom is 0.269 e. The average Bonchev–Trinajstić information content (AvgIpc) is 2.52. The number of amides is 1. The SMILES string of the molecule is CC1(C)Cc2ccccc2C(NNC(=O)c2ccc(Br)cc2)=N1.Cl. The van der Waals surface area contributed by atoms with E-state index in [0.717, 1.165) is 16.5 Å². The molecule has 0 saturated carbocycles. The molecule has 1 heterocycles. The van der Waals surface area contributed by atoms with Crippen LogP contribution in [0.25, 0.3) is 0 Å². The Morgan fingerprint density at radius 3 is 2.50 bits per heavy atom. The third kappa shape index (κ3) is 4.16. The molecule has 0 aliphatic carbocycles. The minimum absolute atomic E-state index is 0. The number of carbonyl (C=O) groups is 1. The van der Waals surface area contributed by atoms with Crippen LogP contribution in [0.1, 0.15) is 35.3 Å². The van der Waals surface area contributed by atoms with Gasteiger partial charge in [-0.25, -0.2) is 0 Å². The van der Waals surface area contributed by atoms with E-state index >= 15 is 0 Å². The van der Waals surface area contributed by atoms with Crippen molar-refractivity contribution >= 4 is 40.1 Å². The highest BCUT2D eigenvalue weighted by atomic mass is 79.9. The van der Waals surface area contributed by atoms with Crippen LogP contribution in [0.5, 0.6) is 0 Å². The first-order chi connectivity index (χ1) is 10.9. The van der Waals surface area contributed by atoms with Crippen LogP contribution < -0.4 is 10.9 Å². The molecule has 0 unspecified atom stereocenters. The number of hydrogen-bond donors (Lipinski definition) is 2. The van der Waals surface area contributed by atoms with E-state index in [1.807, 2.05) is 30.3 Å². The van der Waals surface area contributed by atoms with Crippen LogP contribution in [0, 0.1) is 0 Å². The van der Waals surface area contributed by atoms with Crippen molar-refractivity contribution in [2.45, 2.75) is 25.8 Å². The fourth-order valence-electron chi connectivity index (χ4n) is 2.66. The van der Waals surface area contributed by atoms with Crippen molar-refractivity contribution in [3.05, 3.63) is 69.7 Å². The lowest BCUT2D eigenvalue weighted by Gasteiger charge is -2.29. The molecule has 3 rings (SSSR count). The zero-order chi connectivity index (χ0) is 16.4. The molecule has 2 aromatic rings. The van der Waals surface area contributed by atoms with E-state index in [4.69, 9.17) is 4.99 Å². The standard InChI is InChI=1S/C18H18BrN3O.ClH/c1-18(2)11-13-5-3-4-6-15(13)16(20-18)21-22-17(23)12-7-9-14(19)10-8-12;/h3-10H,11H2,1-2H3,(H,20,21)(H,22,23);1H. The molecule has 24 heavy (non-hydrogen) atoms. The number of amidine groups is 1. The van der Waals surface area contributed by atoms with Crippen molar-refractivity contribution < 1.29 is 4.79 Å². The van der Waals surface area contributed by atoms with E-state index in [9.17, 15) is 4.79 Å². The van der Waals surface area contributed by atoms with E-state index < -0.39 is 0 Å². The highest BCUT2D eigenvalue weighted by molar-refractivity contribution is 9.10. The molecule has 126 valence electrons. The molecule has 0 saturated heterocycles. The third-order valence-electron chi connectivity index (χ3n) is 3.71. The maximum atomic E-state index is 12.2. The van der Waals surface area contributed by atoms with Crippen molar-refractivity contribution in [1.29, 1.82) is 0 Å². The van der Waals surface area contributed by atoms with Gasteiger partial charge in [-0.05, 0) is 50.1 Å². The number of hydrazine groups is 1. The van der Waals surface area contributed by atoms with Gasteiger partial charge in [0.1, 0.15) is 5.84 Å². The summed E-state index contributed by atoms with van der Waals surface area (Å²) in [6.07, 6.45) is 0.884. The first-order valence-electron chi connectivity index (χ1n) is 7.45. The number of hydrogen-bond acceptors (Lipinski definition) is 3. The van der Waals surface area contributed by atoms with E-state index in [1.54, 1.807) is 12.1 Å². The quantitative estimate of drug-likeness (QED) is 0.703. The molecule has 4 nitrogen and oxygen atoms in total. The summed E-state index contributed by atoms with van der Waals surface area (Å²) in [6.45, 7) is 4.17. The molecule has 1 aliphatic rings. The Morgan fingerprint density at radius 1 is 1.12 bits per heavy atom. The fraction of sp³-hybridized carbons (Fsp3) is 0.222. The number of halogens is 2. The Kier molecular flexibility index (Phi) is 5.67. The highest BCUT2D eigenvalue weighted by Crippen LogP contribution is 2.25. The van der Waals surface area contributed by atoms with E-state index in [0.29, 0.717) is 11.4 Å². The minimum atomic E-state index is -0.195. The van der Waals surface area contributed by atoms with Gasteiger partial charge in [-0.15, -0.1) is 12.4 Å². The molecule has 0 atom stereocenters. The first-order valence-corrected chi connectivity index (χ1v) is 8.24. The van der Waals surface area contributed by atoms with E-state index in [-0.39, 0.29) is 23.9 Å². The normalized spacial score (nSPS) is 14.7. The summed E-state index contributed by atoms with van der Waals surface area (Å²) in [5.74, 6) is 0.503. The molecule has 2 N–H and O–H groups in total. The number of aliphatic imine (C=N–C) groups is 1. The van der Waals surface area contributed by atoms with Gasteiger partial charge < -0.3 is 0 Å². The van der Waals surface area contributed by atoms with Gasteiger partial charge in [0.15, 0.2) is 0 Å². The number of rotatable bonds is 1. The smallest absolute Gasteiger partial charge is 0.269 e. The zero-order valence-corrected chi connectivity index (χ0v) is 15.9. The van der Waals surface area contributed by atoms with Gasteiger partial charge in [-0.2, -0.15) is 0 Å². The molecule has 0 radical (unpaired) electrons. The Labute approximate surface area is 156 Å². The molecule has 0 spiro atoms. The van der Waals surface area contributed by atoms with Gasteiger partial charge in [-0.1, -0.05) is 40.2 Å². The summed E-state index contributed by atoms with van der Waals surface area (Å²) in [6, 6.07) is 15.3. The first kappa shape index (κ1) is 18.5. The summed E-state index contributed by atoms with van der Waals surface area (Å²) < 4.78 is 0.939.